The summed E-state index contributed by atoms with van der Waals surface area (Å²) in [6.45, 7) is 9.57. The highest BCUT2D eigenvalue weighted by Crippen LogP contribution is 2.35. The molecule has 0 spiro atoms. The van der Waals surface area contributed by atoms with Gasteiger partial charge in [0.15, 0.2) is 5.82 Å². The van der Waals surface area contributed by atoms with Gasteiger partial charge in [-0.05, 0) is 76.1 Å². The fraction of sp³-hybridized carbons (Fsp3) is 0.333. The molecule has 2 aromatic heterocycles. The Hall–Kier alpha value is -3.47. The van der Waals surface area contributed by atoms with Crippen molar-refractivity contribution in [2.45, 2.75) is 65.0 Å². The number of rotatable bonds is 10. The SMILES string of the molecule is CC(C)n1ccc2c(-c3ccnc(CN[S+]([O-])C(C)(C)C)c3F)cc(COc3cc(F)ccc3CC(=O)O)cc21. The topological polar surface area (TPSA) is 99.4 Å². The highest BCUT2D eigenvalue weighted by Gasteiger charge is 2.27. The van der Waals surface area contributed by atoms with Crippen molar-refractivity contribution in [3.05, 3.63) is 83.3 Å². The molecule has 212 valence electrons. The molecular formula is C30H33F2N3O4S. The van der Waals surface area contributed by atoms with Gasteiger partial charge in [0, 0.05) is 57.9 Å². The van der Waals surface area contributed by atoms with Gasteiger partial charge < -0.3 is 19.0 Å². The van der Waals surface area contributed by atoms with E-state index in [1.165, 1.54) is 18.3 Å². The standard InChI is InChI=1S/C30H33F2N3O4S/c1-18(2)35-11-9-22-24(23-8-10-33-25(29(23)32)16-34-40(38)30(3,4)5)12-19(13-26(22)35)17-39-27-15-21(31)7-6-20(27)14-28(36)37/h6-13,15,18,34H,14,16-17H2,1-5H3,(H,36,37). The van der Waals surface area contributed by atoms with Crippen LogP contribution in [0.1, 0.15) is 57.5 Å². The Bertz CT molecular complexity index is 1530. The lowest BCUT2D eigenvalue weighted by Gasteiger charge is -2.23. The van der Waals surface area contributed by atoms with E-state index in [-0.39, 0.29) is 37.1 Å². The second kappa shape index (κ2) is 12.0. The maximum Gasteiger partial charge on any atom is 0.307 e. The van der Waals surface area contributed by atoms with Crippen LogP contribution < -0.4 is 9.46 Å². The Kier molecular flexibility index (Phi) is 8.82. The van der Waals surface area contributed by atoms with Gasteiger partial charge in [0.05, 0.1) is 18.7 Å². The van der Waals surface area contributed by atoms with Gasteiger partial charge in [-0.1, -0.05) is 6.07 Å². The maximum atomic E-state index is 15.9. The highest BCUT2D eigenvalue weighted by molar-refractivity contribution is 7.90. The summed E-state index contributed by atoms with van der Waals surface area (Å²) in [4.78, 5) is 15.5. The molecular weight excluding hydrogens is 536 g/mol. The molecule has 10 heteroatoms. The van der Waals surface area contributed by atoms with E-state index >= 15 is 4.39 Å². The lowest BCUT2D eigenvalue weighted by molar-refractivity contribution is -0.136. The third-order valence-corrected chi connectivity index (χ3v) is 7.92. The number of pyridine rings is 1. The molecule has 0 aliphatic carbocycles. The van der Waals surface area contributed by atoms with Crippen LogP contribution in [0.5, 0.6) is 5.75 Å². The Morgan fingerprint density at radius 2 is 1.90 bits per heavy atom. The highest BCUT2D eigenvalue weighted by atomic mass is 32.2. The Morgan fingerprint density at radius 3 is 2.58 bits per heavy atom. The number of benzene rings is 2. The van der Waals surface area contributed by atoms with E-state index in [1.807, 2.05) is 59.0 Å². The zero-order chi connectivity index (χ0) is 29.2. The van der Waals surface area contributed by atoms with Gasteiger partial charge in [-0.15, -0.1) is 4.72 Å². The van der Waals surface area contributed by atoms with Crippen LogP contribution in [0.25, 0.3) is 22.0 Å². The molecule has 4 rings (SSSR count). The number of aromatic nitrogens is 2. The minimum absolute atomic E-state index is 0.00553. The van der Waals surface area contributed by atoms with E-state index in [0.717, 1.165) is 17.0 Å². The second-order valence-corrected chi connectivity index (χ2v) is 12.9. The van der Waals surface area contributed by atoms with Gasteiger partial charge in [0.25, 0.3) is 0 Å². The first kappa shape index (κ1) is 29.5. The third kappa shape index (κ3) is 6.63. The van der Waals surface area contributed by atoms with Crippen molar-refractivity contribution < 1.29 is 28.0 Å². The fourth-order valence-electron chi connectivity index (χ4n) is 4.38. The molecule has 0 amide bonds. The lowest BCUT2D eigenvalue weighted by Crippen LogP contribution is -2.39. The van der Waals surface area contributed by atoms with Gasteiger partial charge in [0.1, 0.15) is 22.9 Å². The number of carboxylic acid groups (broad SMARTS) is 1. The molecule has 7 nitrogen and oxygen atoms in total. The summed E-state index contributed by atoms with van der Waals surface area (Å²) in [6.07, 6.45) is 3.15. The summed E-state index contributed by atoms with van der Waals surface area (Å²) in [5.41, 5.74) is 3.01. The molecule has 0 fully saturated rings. The summed E-state index contributed by atoms with van der Waals surface area (Å²) in [5, 5.41) is 10.1. The Morgan fingerprint density at radius 1 is 1.15 bits per heavy atom. The average Bonchev–Trinajstić information content (AvgIpc) is 3.31. The average molecular weight is 570 g/mol. The lowest BCUT2D eigenvalue weighted by atomic mass is 9.98. The Balaban J connectivity index is 1.74. The first-order chi connectivity index (χ1) is 18.8. The molecule has 0 saturated carbocycles. The van der Waals surface area contributed by atoms with Crippen molar-refractivity contribution in [2.24, 2.45) is 0 Å². The summed E-state index contributed by atoms with van der Waals surface area (Å²) in [7, 11) is 0. The fourth-order valence-corrected chi connectivity index (χ4v) is 5.08. The number of nitrogens with one attached hydrogen (secondary N) is 1. The number of ether oxygens (including phenoxy) is 1. The van der Waals surface area contributed by atoms with Gasteiger partial charge >= 0.3 is 5.97 Å². The van der Waals surface area contributed by atoms with E-state index in [4.69, 9.17) is 4.74 Å². The molecule has 0 radical (unpaired) electrons. The molecule has 1 unspecified atom stereocenters. The molecule has 0 bridgehead atoms. The van der Waals surface area contributed by atoms with Crippen molar-refractivity contribution in [3.8, 4) is 16.9 Å². The van der Waals surface area contributed by atoms with Gasteiger partial charge in [-0.2, -0.15) is 0 Å². The number of hydrogen-bond acceptors (Lipinski definition) is 5. The van der Waals surface area contributed by atoms with Crippen molar-refractivity contribution in [3.63, 3.8) is 0 Å². The van der Waals surface area contributed by atoms with Crippen LogP contribution in [0.2, 0.25) is 0 Å². The van der Waals surface area contributed by atoms with E-state index in [0.29, 0.717) is 22.3 Å². The van der Waals surface area contributed by atoms with E-state index in [9.17, 15) is 18.8 Å². The first-order valence-electron chi connectivity index (χ1n) is 12.9. The number of carbonyl (C=O) groups is 1. The van der Waals surface area contributed by atoms with E-state index in [2.05, 4.69) is 14.3 Å². The molecule has 2 aromatic carbocycles. The molecule has 4 aromatic rings. The predicted octanol–water partition coefficient (Wildman–Crippen LogP) is 6.32. The number of hydrogen-bond donors (Lipinski definition) is 2. The van der Waals surface area contributed by atoms with Crippen molar-refractivity contribution in [2.75, 3.05) is 0 Å². The van der Waals surface area contributed by atoms with Crippen LogP contribution in [0.4, 0.5) is 8.78 Å². The monoisotopic (exact) mass is 569 g/mol. The third-order valence-electron chi connectivity index (χ3n) is 6.40. The minimum atomic E-state index is -1.39. The number of aliphatic carboxylic acids is 1. The molecule has 2 N–H and O–H groups in total. The zero-order valence-corrected chi connectivity index (χ0v) is 23.9. The van der Waals surface area contributed by atoms with Gasteiger partial charge in [-0.3, -0.25) is 9.78 Å². The molecule has 40 heavy (non-hydrogen) atoms. The number of halogens is 2. The van der Waals surface area contributed by atoms with Crippen LogP contribution in [0.15, 0.2) is 54.9 Å². The Labute approximate surface area is 235 Å². The number of nitrogens with zero attached hydrogens (tertiary/aromatic N) is 2. The van der Waals surface area contributed by atoms with Crippen molar-refractivity contribution in [1.82, 2.24) is 14.3 Å². The molecule has 0 saturated heterocycles. The van der Waals surface area contributed by atoms with Crippen molar-refractivity contribution in [1.29, 1.82) is 0 Å². The molecule has 2 heterocycles. The molecule has 0 aliphatic rings. The minimum Gasteiger partial charge on any atom is -0.598 e. The van der Waals surface area contributed by atoms with Crippen LogP contribution >= 0.6 is 0 Å². The maximum absolute atomic E-state index is 15.9. The first-order valence-corrected chi connectivity index (χ1v) is 14.1. The second-order valence-electron chi connectivity index (χ2n) is 10.8. The largest absolute Gasteiger partial charge is 0.598 e. The van der Waals surface area contributed by atoms with Gasteiger partial charge in [-0.25, -0.2) is 8.78 Å². The summed E-state index contributed by atoms with van der Waals surface area (Å²) < 4.78 is 52.6. The van der Waals surface area contributed by atoms with Crippen LogP contribution in [-0.2, 0) is 35.7 Å². The normalized spacial score (nSPS) is 12.7. The van der Waals surface area contributed by atoms with Crippen LogP contribution in [-0.4, -0.2) is 29.9 Å². The van der Waals surface area contributed by atoms with Crippen LogP contribution in [0.3, 0.4) is 0 Å². The van der Waals surface area contributed by atoms with Gasteiger partial charge in [0.2, 0.25) is 0 Å². The zero-order valence-electron chi connectivity index (χ0n) is 23.1. The van der Waals surface area contributed by atoms with E-state index < -0.39 is 33.7 Å². The molecule has 0 aliphatic heterocycles. The quantitative estimate of drug-likeness (QED) is 0.217. The smallest absolute Gasteiger partial charge is 0.307 e. The summed E-state index contributed by atoms with van der Waals surface area (Å²) >= 11 is -1.39. The van der Waals surface area contributed by atoms with Crippen molar-refractivity contribution >= 4 is 28.2 Å². The number of carboxylic acids is 1. The van der Waals surface area contributed by atoms with E-state index in [1.54, 1.807) is 6.07 Å². The number of fused-ring (bicyclic) bond motifs is 1. The predicted molar refractivity (Wildman–Crippen MR) is 152 cm³/mol. The summed E-state index contributed by atoms with van der Waals surface area (Å²) in [5.74, 6) is -1.98. The van der Waals surface area contributed by atoms with Crippen LogP contribution in [0, 0.1) is 11.6 Å². The summed E-state index contributed by atoms with van der Waals surface area (Å²) in [6, 6.07) is 11.2. The molecule has 1 atom stereocenters.